The highest BCUT2D eigenvalue weighted by atomic mass is 32.2. The van der Waals surface area contributed by atoms with Crippen LogP contribution in [0.15, 0.2) is 40.3 Å². The van der Waals surface area contributed by atoms with Gasteiger partial charge in [0.15, 0.2) is 5.16 Å². The van der Waals surface area contributed by atoms with E-state index in [1.54, 1.807) is 23.1 Å². The predicted molar refractivity (Wildman–Crippen MR) is 119 cm³/mol. The predicted octanol–water partition coefficient (Wildman–Crippen LogP) is 3.68. The van der Waals surface area contributed by atoms with E-state index in [1.165, 1.54) is 22.4 Å². The van der Waals surface area contributed by atoms with Crippen molar-refractivity contribution in [3.8, 4) is 0 Å². The fraction of sp³-hybridized carbons (Fsp3) is 0.455. The molecule has 1 aliphatic rings. The van der Waals surface area contributed by atoms with Crippen LogP contribution < -0.4 is 5.56 Å². The largest absolute Gasteiger partial charge is 0.394 e. The van der Waals surface area contributed by atoms with Crippen LogP contribution in [0.1, 0.15) is 28.8 Å². The first-order chi connectivity index (χ1) is 14.3. The SMILES string of the molecule is O=c1c2c3c(sc2nc(SCCOCCO)n1CCc1ccccc1)CCCC3. The standard InChI is InChI=1S/C22H26N2O3S2/c25-12-13-27-14-15-28-22-23-20-19(17-8-4-5-9-18(17)29-20)21(26)24(22)11-10-16-6-2-1-3-7-16/h1-3,6-7,25H,4-5,8-15H2. The third-order valence-electron chi connectivity index (χ3n) is 5.20. The summed E-state index contributed by atoms with van der Waals surface area (Å²) in [6, 6.07) is 10.3. The zero-order valence-electron chi connectivity index (χ0n) is 16.4. The number of thioether (sulfide) groups is 1. The van der Waals surface area contributed by atoms with E-state index in [0.717, 1.165) is 41.1 Å². The van der Waals surface area contributed by atoms with Crippen molar-refractivity contribution >= 4 is 33.3 Å². The lowest BCUT2D eigenvalue weighted by atomic mass is 9.97. The lowest BCUT2D eigenvalue weighted by Crippen LogP contribution is -2.25. The maximum atomic E-state index is 13.5. The fourth-order valence-electron chi connectivity index (χ4n) is 3.77. The molecule has 0 saturated heterocycles. The van der Waals surface area contributed by atoms with Gasteiger partial charge in [0.1, 0.15) is 4.83 Å². The Morgan fingerprint density at radius 1 is 1.17 bits per heavy atom. The quantitative estimate of drug-likeness (QED) is 0.319. The summed E-state index contributed by atoms with van der Waals surface area (Å²) in [5.41, 5.74) is 2.56. The summed E-state index contributed by atoms with van der Waals surface area (Å²) >= 11 is 3.26. The first-order valence-electron chi connectivity index (χ1n) is 10.2. The van der Waals surface area contributed by atoms with E-state index in [-0.39, 0.29) is 12.2 Å². The molecular weight excluding hydrogens is 404 g/mol. The molecule has 7 heteroatoms. The first kappa shape index (κ1) is 20.6. The lowest BCUT2D eigenvalue weighted by molar-refractivity contribution is 0.103. The van der Waals surface area contributed by atoms with Gasteiger partial charge < -0.3 is 9.84 Å². The number of fused-ring (bicyclic) bond motifs is 3. The first-order valence-corrected chi connectivity index (χ1v) is 12.0. The second-order valence-electron chi connectivity index (χ2n) is 7.16. The number of ether oxygens (including phenoxy) is 1. The van der Waals surface area contributed by atoms with Gasteiger partial charge in [0.25, 0.3) is 5.56 Å². The van der Waals surface area contributed by atoms with Crippen molar-refractivity contribution in [3.63, 3.8) is 0 Å². The van der Waals surface area contributed by atoms with E-state index in [0.29, 0.717) is 25.5 Å². The number of hydrogen-bond acceptors (Lipinski definition) is 6. The Labute approximate surface area is 178 Å². The Morgan fingerprint density at radius 2 is 2.00 bits per heavy atom. The minimum absolute atomic E-state index is 0.0252. The summed E-state index contributed by atoms with van der Waals surface area (Å²) in [7, 11) is 0. The van der Waals surface area contributed by atoms with Crippen LogP contribution in [-0.2, 0) is 30.5 Å². The van der Waals surface area contributed by atoms with Crippen molar-refractivity contribution in [3.05, 3.63) is 56.7 Å². The Kier molecular flexibility index (Phi) is 7.02. The van der Waals surface area contributed by atoms with E-state index < -0.39 is 0 Å². The van der Waals surface area contributed by atoms with Crippen LogP contribution in [0.3, 0.4) is 0 Å². The second kappa shape index (κ2) is 9.89. The second-order valence-corrected chi connectivity index (χ2v) is 9.31. The van der Waals surface area contributed by atoms with Crippen LogP contribution in [0.5, 0.6) is 0 Å². The minimum atomic E-state index is 0.0252. The molecule has 4 rings (SSSR count). The van der Waals surface area contributed by atoms with Gasteiger partial charge in [-0.05, 0) is 43.2 Å². The molecule has 1 aliphatic carbocycles. The van der Waals surface area contributed by atoms with Crippen molar-refractivity contribution in [2.24, 2.45) is 0 Å². The molecule has 1 N–H and O–H groups in total. The van der Waals surface area contributed by atoms with Gasteiger partial charge in [0, 0.05) is 17.2 Å². The van der Waals surface area contributed by atoms with Gasteiger partial charge in [0.2, 0.25) is 0 Å². The van der Waals surface area contributed by atoms with E-state index in [2.05, 4.69) is 12.1 Å². The summed E-state index contributed by atoms with van der Waals surface area (Å²) in [6.45, 7) is 1.51. The van der Waals surface area contributed by atoms with E-state index in [4.69, 9.17) is 14.8 Å². The maximum Gasteiger partial charge on any atom is 0.263 e. The zero-order chi connectivity index (χ0) is 20.1. The average Bonchev–Trinajstić information content (AvgIpc) is 3.12. The maximum absolute atomic E-state index is 13.5. The molecule has 0 unspecified atom stereocenters. The normalized spacial score (nSPS) is 13.7. The molecule has 0 saturated carbocycles. The average molecular weight is 431 g/mol. The molecule has 0 atom stereocenters. The van der Waals surface area contributed by atoms with Crippen molar-refractivity contribution in [1.29, 1.82) is 0 Å². The number of hydrogen-bond donors (Lipinski definition) is 1. The van der Waals surface area contributed by atoms with Crippen molar-refractivity contribution in [1.82, 2.24) is 9.55 Å². The number of aliphatic hydroxyl groups is 1. The van der Waals surface area contributed by atoms with Crippen molar-refractivity contribution < 1.29 is 9.84 Å². The van der Waals surface area contributed by atoms with Crippen molar-refractivity contribution in [2.45, 2.75) is 43.8 Å². The molecule has 3 aromatic rings. The lowest BCUT2D eigenvalue weighted by Gasteiger charge is -2.13. The van der Waals surface area contributed by atoms with Crippen LogP contribution in [0, 0.1) is 0 Å². The van der Waals surface area contributed by atoms with Gasteiger partial charge in [0.05, 0.1) is 25.2 Å². The zero-order valence-corrected chi connectivity index (χ0v) is 18.1. The van der Waals surface area contributed by atoms with Crippen molar-refractivity contribution in [2.75, 3.05) is 25.6 Å². The Hall–Kier alpha value is -1.67. The minimum Gasteiger partial charge on any atom is -0.394 e. The molecule has 1 aromatic carbocycles. The van der Waals surface area contributed by atoms with Gasteiger partial charge in [-0.2, -0.15) is 0 Å². The molecule has 154 valence electrons. The molecule has 0 bridgehead atoms. The van der Waals surface area contributed by atoms with E-state index in [1.807, 2.05) is 22.8 Å². The fourth-order valence-corrected chi connectivity index (χ4v) is 5.95. The smallest absolute Gasteiger partial charge is 0.263 e. The molecule has 0 radical (unpaired) electrons. The highest BCUT2D eigenvalue weighted by Gasteiger charge is 2.22. The number of benzene rings is 1. The van der Waals surface area contributed by atoms with Crippen LogP contribution in [0.25, 0.3) is 10.2 Å². The molecule has 2 heterocycles. The highest BCUT2D eigenvalue weighted by molar-refractivity contribution is 7.99. The van der Waals surface area contributed by atoms with Gasteiger partial charge in [-0.3, -0.25) is 9.36 Å². The van der Waals surface area contributed by atoms with Gasteiger partial charge in [-0.1, -0.05) is 42.1 Å². The van der Waals surface area contributed by atoms with Gasteiger partial charge >= 0.3 is 0 Å². The van der Waals surface area contributed by atoms with Crippen LogP contribution >= 0.6 is 23.1 Å². The molecule has 0 amide bonds. The molecule has 29 heavy (non-hydrogen) atoms. The van der Waals surface area contributed by atoms with Gasteiger partial charge in [-0.25, -0.2) is 4.98 Å². The molecular formula is C22H26N2O3S2. The van der Waals surface area contributed by atoms with E-state index >= 15 is 0 Å². The molecule has 0 spiro atoms. The monoisotopic (exact) mass is 430 g/mol. The topological polar surface area (TPSA) is 64.3 Å². The summed E-state index contributed by atoms with van der Waals surface area (Å²) < 4.78 is 7.23. The molecule has 2 aromatic heterocycles. The number of aryl methyl sites for hydroxylation is 3. The number of thiophene rings is 1. The molecule has 0 aliphatic heterocycles. The number of aliphatic hydroxyl groups excluding tert-OH is 1. The Balaban J connectivity index is 1.65. The molecule has 0 fully saturated rings. The Bertz CT molecular complexity index is 1010. The highest BCUT2D eigenvalue weighted by Crippen LogP contribution is 2.34. The van der Waals surface area contributed by atoms with Gasteiger partial charge in [-0.15, -0.1) is 11.3 Å². The Morgan fingerprint density at radius 3 is 2.83 bits per heavy atom. The number of aromatic nitrogens is 2. The summed E-state index contributed by atoms with van der Waals surface area (Å²) in [4.78, 5) is 20.6. The third-order valence-corrected chi connectivity index (χ3v) is 7.33. The summed E-state index contributed by atoms with van der Waals surface area (Å²) in [5.74, 6) is 0.703. The van der Waals surface area contributed by atoms with Crippen LogP contribution in [0.4, 0.5) is 0 Å². The van der Waals surface area contributed by atoms with Crippen LogP contribution in [-0.4, -0.2) is 40.2 Å². The molecule has 5 nitrogen and oxygen atoms in total. The third kappa shape index (κ3) is 4.74. The van der Waals surface area contributed by atoms with Crippen LogP contribution in [0.2, 0.25) is 0 Å². The summed E-state index contributed by atoms with van der Waals surface area (Å²) in [5, 5.41) is 10.5. The number of nitrogens with zero attached hydrogens (tertiary/aromatic N) is 2. The number of rotatable bonds is 9. The van der Waals surface area contributed by atoms with E-state index in [9.17, 15) is 4.79 Å². The summed E-state index contributed by atoms with van der Waals surface area (Å²) in [6.07, 6.45) is 5.21.